The molecule has 0 spiro atoms. The van der Waals surface area contributed by atoms with E-state index in [4.69, 9.17) is 0 Å². The highest BCUT2D eigenvalue weighted by atomic mass is 15.2. The van der Waals surface area contributed by atoms with Crippen LogP contribution >= 0.6 is 0 Å². The number of aryl methyl sites for hydroxylation is 1. The lowest BCUT2D eigenvalue weighted by Crippen LogP contribution is -2.51. The Morgan fingerprint density at radius 2 is 2.00 bits per heavy atom. The van der Waals surface area contributed by atoms with Crippen molar-refractivity contribution in [2.24, 2.45) is 0 Å². The predicted octanol–water partition coefficient (Wildman–Crippen LogP) is 2.52. The minimum Gasteiger partial charge on any atom is -0.311 e. The first-order valence-corrected chi connectivity index (χ1v) is 6.87. The molecule has 3 nitrogen and oxygen atoms in total. The molecule has 1 atom stereocenters. The molecule has 1 fully saturated rings. The van der Waals surface area contributed by atoms with E-state index in [2.05, 4.69) is 49.3 Å². The highest BCUT2D eigenvalue weighted by Gasteiger charge is 2.43. The van der Waals surface area contributed by atoms with Crippen molar-refractivity contribution in [2.75, 3.05) is 21.1 Å². The summed E-state index contributed by atoms with van der Waals surface area (Å²) >= 11 is 0. The summed E-state index contributed by atoms with van der Waals surface area (Å²) in [6, 6.07) is 2.47. The van der Waals surface area contributed by atoms with Crippen LogP contribution in [0.3, 0.4) is 0 Å². The molecule has 100 valence electrons. The second-order valence-corrected chi connectivity index (χ2v) is 5.66. The summed E-state index contributed by atoms with van der Waals surface area (Å²) in [5, 5.41) is 3.54. The van der Waals surface area contributed by atoms with Gasteiger partial charge >= 0.3 is 0 Å². The van der Waals surface area contributed by atoms with Gasteiger partial charge in [0.1, 0.15) is 0 Å². The lowest BCUT2D eigenvalue weighted by Gasteiger charge is -2.43. The molecule has 1 heterocycles. The Balaban J connectivity index is 2.41. The Bertz CT molecular complexity index is 394. The zero-order valence-electron chi connectivity index (χ0n) is 12.0. The summed E-state index contributed by atoms with van der Waals surface area (Å²) in [5.41, 5.74) is 2.91. The molecule has 1 aromatic rings. The fraction of sp³-hybridized carbons (Fsp3) is 0.667. The summed E-state index contributed by atoms with van der Waals surface area (Å²) in [5.74, 6) is 0. The minimum atomic E-state index is 0.239. The van der Waals surface area contributed by atoms with Gasteiger partial charge in [-0.15, -0.1) is 0 Å². The molecule has 1 unspecified atom stereocenters. The minimum absolute atomic E-state index is 0.239. The third-order valence-electron chi connectivity index (χ3n) is 4.58. The van der Waals surface area contributed by atoms with E-state index in [0.29, 0.717) is 6.04 Å². The standard InChI is InChI=1S/C15H25N3/c1-12-7-10-17-11-13(12)14(16-2)15(18(3)4)8-5-6-9-15/h7,10-11,14,16H,5-6,8-9H2,1-4H3. The van der Waals surface area contributed by atoms with Crippen LogP contribution in [0.5, 0.6) is 0 Å². The van der Waals surface area contributed by atoms with Gasteiger partial charge in [-0.05, 0) is 58.1 Å². The molecule has 1 aliphatic carbocycles. The lowest BCUT2D eigenvalue weighted by atomic mass is 9.81. The van der Waals surface area contributed by atoms with Gasteiger partial charge in [0, 0.05) is 17.9 Å². The second kappa shape index (κ2) is 5.37. The topological polar surface area (TPSA) is 28.2 Å². The Labute approximate surface area is 111 Å². The van der Waals surface area contributed by atoms with E-state index in [9.17, 15) is 0 Å². The van der Waals surface area contributed by atoms with Crippen molar-refractivity contribution in [3.8, 4) is 0 Å². The number of hydrogen-bond donors (Lipinski definition) is 1. The maximum absolute atomic E-state index is 4.32. The first kappa shape index (κ1) is 13.5. The first-order chi connectivity index (χ1) is 8.62. The Hall–Kier alpha value is -0.930. The molecule has 0 saturated heterocycles. The molecule has 0 aromatic carbocycles. The highest BCUT2D eigenvalue weighted by Crippen LogP contribution is 2.43. The molecule has 3 heteroatoms. The average Bonchev–Trinajstić information content (AvgIpc) is 2.83. The van der Waals surface area contributed by atoms with Crippen LogP contribution < -0.4 is 5.32 Å². The van der Waals surface area contributed by atoms with E-state index in [1.54, 1.807) is 0 Å². The van der Waals surface area contributed by atoms with Gasteiger partial charge in [-0.3, -0.25) is 4.98 Å². The molecule has 1 aromatic heterocycles. The Morgan fingerprint density at radius 1 is 1.33 bits per heavy atom. The third-order valence-corrected chi connectivity index (χ3v) is 4.58. The molecular weight excluding hydrogens is 222 g/mol. The maximum atomic E-state index is 4.32. The zero-order chi connectivity index (χ0) is 13.2. The quantitative estimate of drug-likeness (QED) is 0.886. The summed E-state index contributed by atoms with van der Waals surface area (Å²) in [7, 11) is 6.49. The number of aromatic nitrogens is 1. The monoisotopic (exact) mass is 247 g/mol. The summed E-state index contributed by atoms with van der Waals surface area (Å²) in [4.78, 5) is 6.73. The van der Waals surface area contributed by atoms with Gasteiger partial charge in [0.25, 0.3) is 0 Å². The normalized spacial score (nSPS) is 20.3. The molecule has 2 rings (SSSR count). The van der Waals surface area contributed by atoms with Gasteiger partial charge in [0.15, 0.2) is 0 Å². The van der Waals surface area contributed by atoms with E-state index in [1.165, 1.54) is 36.8 Å². The summed E-state index contributed by atoms with van der Waals surface area (Å²) < 4.78 is 0. The smallest absolute Gasteiger partial charge is 0.0522 e. The van der Waals surface area contributed by atoms with E-state index < -0.39 is 0 Å². The number of pyridine rings is 1. The van der Waals surface area contributed by atoms with E-state index >= 15 is 0 Å². The Kier molecular flexibility index (Phi) is 4.03. The predicted molar refractivity (Wildman–Crippen MR) is 75.7 cm³/mol. The first-order valence-electron chi connectivity index (χ1n) is 6.87. The number of hydrogen-bond acceptors (Lipinski definition) is 3. The summed E-state index contributed by atoms with van der Waals surface area (Å²) in [6.07, 6.45) is 9.09. The van der Waals surface area contributed by atoms with Crippen LogP contribution in [-0.4, -0.2) is 36.6 Å². The number of rotatable bonds is 4. The number of nitrogens with one attached hydrogen (secondary N) is 1. The van der Waals surface area contributed by atoms with E-state index in [-0.39, 0.29) is 5.54 Å². The van der Waals surface area contributed by atoms with Gasteiger partial charge in [0.2, 0.25) is 0 Å². The fourth-order valence-corrected chi connectivity index (χ4v) is 3.47. The fourth-order valence-electron chi connectivity index (χ4n) is 3.47. The zero-order valence-corrected chi connectivity index (χ0v) is 12.0. The second-order valence-electron chi connectivity index (χ2n) is 5.66. The van der Waals surface area contributed by atoms with Crippen LogP contribution in [0, 0.1) is 6.92 Å². The van der Waals surface area contributed by atoms with Crippen molar-refractivity contribution in [1.82, 2.24) is 15.2 Å². The van der Waals surface area contributed by atoms with Crippen molar-refractivity contribution < 1.29 is 0 Å². The largest absolute Gasteiger partial charge is 0.311 e. The molecule has 0 aliphatic heterocycles. The average molecular weight is 247 g/mol. The van der Waals surface area contributed by atoms with E-state index in [0.717, 1.165) is 0 Å². The summed E-state index contributed by atoms with van der Waals surface area (Å²) in [6.45, 7) is 2.18. The van der Waals surface area contributed by atoms with Crippen molar-refractivity contribution in [3.05, 3.63) is 29.6 Å². The van der Waals surface area contributed by atoms with Gasteiger partial charge in [0.05, 0.1) is 6.04 Å². The van der Waals surface area contributed by atoms with Crippen LogP contribution in [0.4, 0.5) is 0 Å². The lowest BCUT2D eigenvalue weighted by molar-refractivity contribution is 0.108. The van der Waals surface area contributed by atoms with Crippen molar-refractivity contribution in [1.29, 1.82) is 0 Å². The van der Waals surface area contributed by atoms with Crippen LogP contribution in [0.25, 0.3) is 0 Å². The van der Waals surface area contributed by atoms with Crippen LogP contribution in [-0.2, 0) is 0 Å². The van der Waals surface area contributed by atoms with Crippen molar-refractivity contribution >= 4 is 0 Å². The molecule has 0 bridgehead atoms. The molecule has 1 saturated carbocycles. The molecular formula is C15H25N3. The SMILES string of the molecule is CNC(c1cnccc1C)C1(N(C)C)CCCC1. The molecule has 1 N–H and O–H groups in total. The van der Waals surface area contributed by atoms with Crippen molar-refractivity contribution in [2.45, 2.75) is 44.2 Å². The Morgan fingerprint density at radius 3 is 2.50 bits per heavy atom. The van der Waals surface area contributed by atoms with Crippen LogP contribution in [0.2, 0.25) is 0 Å². The van der Waals surface area contributed by atoms with Gasteiger partial charge in [-0.2, -0.15) is 0 Å². The van der Waals surface area contributed by atoms with Crippen LogP contribution in [0.15, 0.2) is 18.5 Å². The highest BCUT2D eigenvalue weighted by molar-refractivity contribution is 5.29. The van der Waals surface area contributed by atoms with Gasteiger partial charge in [-0.25, -0.2) is 0 Å². The number of nitrogens with zero attached hydrogens (tertiary/aromatic N) is 2. The van der Waals surface area contributed by atoms with Crippen LogP contribution in [0.1, 0.15) is 42.9 Å². The molecule has 18 heavy (non-hydrogen) atoms. The number of likely N-dealkylation sites (N-methyl/N-ethyl adjacent to an activating group) is 2. The van der Waals surface area contributed by atoms with Gasteiger partial charge < -0.3 is 10.2 Å². The molecule has 0 amide bonds. The van der Waals surface area contributed by atoms with E-state index in [1.807, 2.05) is 12.4 Å². The van der Waals surface area contributed by atoms with Gasteiger partial charge in [-0.1, -0.05) is 12.8 Å². The maximum Gasteiger partial charge on any atom is 0.0522 e. The molecule has 0 radical (unpaired) electrons. The van der Waals surface area contributed by atoms with Crippen molar-refractivity contribution in [3.63, 3.8) is 0 Å². The third kappa shape index (κ3) is 2.17. The molecule has 1 aliphatic rings.